The zero-order valence-electron chi connectivity index (χ0n) is 19.6. The van der Waals surface area contributed by atoms with Crippen LogP contribution in [0.2, 0.25) is 0 Å². The van der Waals surface area contributed by atoms with E-state index in [9.17, 15) is 14.0 Å². The molecule has 4 aromatic carbocycles. The predicted octanol–water partition coefficient (Wildman–Crippen LogP) is 6.17. The summed E-state index contributed by atoms with van der Waals surface area (Å²) in [5.41, 5.74) is 2.27. The van der Waals surface area contributed by atoms with Crippen LogP contribution in [0, 0.1) is 5.82 Å². The van der Waals surface area contributed by atoms with E-state index in [1.807, 2.05) is 24.3 Å². The lowest BCUT2D eigenvalue weighted by Crippen LogP contribution is -2.30. The van der Waals surface area contributed by atoms with Crippen molar-refractivity contribution >= 4 is 11.9 Å². The van der Waals surface area contributed by atoms with E-state index in [-0.39, 0.29) is 23.8 Å². The average Bonchev–Trinajstić information content (AvgIpc) is 2.90. The van der Waals surface area contributed by atoms with Crippen LogP contribution in [-0.2, 0) is 13.1 Å². The molecule has 1 amide bonds. The van der Waals surface area contributed by atoms with E-state index in [0.29, 0.717) is 23.6 Å². The van der Waals surface area contributed by atoms with Gasteiger partial charge in [0.1, 0.15) is 11.5 Å². The summed E-state index contributed by atoms with van der Waals surface area (Å²) >= 11 is 0. The van der Waals surface area contributed by atoms with E-state index in [0.717, 1.165) is 11.1 Å². The number of benzene rings is 4. The van der Waals surface area contributed by atoms with E-state index in [4.69, 9.17) is 14.6 Å². The second-order valence-corrected chi connectivity index (χ2v) is 8.07. The number of hydrogen-bond donors (Lipinski definition) is 1. The standard InChI is InChI=1S/C29H24FNO5/c1-35-25-6-4-5-21(17-25)19-31(18-20-9-11-23(12-10-20)29(33)34)28(32)22-13-15-24(16-14-22)36-27-8-3-2-7-26(27)30/h2-17H,18-19H2,1H3,(H,33,34). The van der Waals surface area contributed by atoms with Gasteiger partial charge in [-0.1, -0.05) is 36.4 Å². The summed E-state index contributed by atoms with van der Waals surface area (Å²) < 4.78 is 24.8. The van der Waals surface area contributed by atoms with Gasteiger partial charge in [0.15, 0.2) is 11.6 Å². The third-order valence-electron chi connectivity index (χ3n) is 5.53. The van der Waals surface area contributed by atoms with Gasteiger partial charge < -0.3 is 19.5 Å². The summed E-state index contributed by atoms with van der Waals surface area (Å²) in [5, 5.41) is 9.16. The lowest BCUT2D eigenvalue weighted by molar-refractivity contribution is 0.0693. The molecule has 0 aromatic heterocycles. The summed E-state index contributed by atoms with van der Waals surface area (Å²) in [6, 6.07) is 26.5. The minimum atomic E-state index is -1.01. The Kier molecular flexibility index (Phi) is 7.60. The topological polar surface area (TPSA) is 76.1 Å². The van der Waals surface area contributed by atoms with Crippen molar-refractivity contribution in [3.8, 4) is 17.2 Å². The number of carboxylic acids is 1. The first-order chi connectivity index (χ1) is 17.4. The molecule has 0 saturated carbocycles. The lowest BCUT2D eigenvalue weighted by Gasteiger charge is -2.24. The molecule has 0 fully saturated rings. The number of carbonyl (C=O) groups is 2. The summed E-state index contributed by atoms with van der Waals surface area (Å²) in [4.78, 5) is 26.4. The largest absolute Gasteiger partial charge is 0.497 e. The second-order valence-electron chi connectivity index (χ2n) is 8.07. The minimum Gasteiger partial charge on any atom is -0.497 e. The van der Waals surface area contributed by atoms with Crippen molar-refractivity contribution in [2.24, 2.45) is 0 Å². The maximum atomic E-state index is 13.9. The predicted molar refractivity (Wildman–Crippen MR) is 133 cm³/mol. The Hall–Kier alpha value is -4.65. The smallest absolute Gasteiger partial charge is 0.335 e. The molecule has 0 heterocycles. The van der Waals surface area contributed by atoms with Crippen LogP contribution in [0.15, 0.2) is 97.1 Å². The zero-order chi connectivity index (χ0) is 25.5. The van der Waals surface area contributed by atoms with E-state index in [1.165, 1.54) is 24.3 Å². The van der Waals surface area contributed by atoms with Gasteiger partial charge in [0.2, 0.25) is 0 Å². The van der Waals surface area contributed by atoms with Crippen molar-refractivity contribution in [1.82, 2.24) is 4.90 Å². The Labute approximate surface area is 208 Å². The number of rotatable bonds is 9. The van der Waals surface area contributed by atoms with Crippen LogP contribution in [-0.4, -0.2) is 29.0 Å². The molecule has 0 spiro atoms. The number of amides is 1. The van der Waals surface area contributed by atoms with E-state index >= 15 is 0 Å². The van der Waals surface area contributed by atoms with Crippen LogP contribution in [0.4, 0.5) is 4.39 Å². The Balaban J connectivity index is 1.56. The number of carboxylic acid groups (broad SMARTS) is 1. The van der Waals surface area contributed by atoms with Gasteiger partial charge >= 0.3 is 5.97 Å². The van der Waals surface area contributed by atoms with Gasteiger partial charge in [-0.15, -0.1) is 0 Å². The van der Waals surface area contributed by atoms with E-state index < -0.39 is 11.8 Å². The van der Waals surface area contributed by atoms with Crippen molar-refractivity contribution in [2.75, 3.05) is 7.11 Å². The molecule has 0 aliphatic heterocycles. The highest BCUT2D eigenvalue weighted by atomic mass is 19.1. The third-order valence-corrected chi connectivity index (χ3v) is 5.53. The lowest BCUT2D eigenvalue weighted by atomic mass is 10.1. The van der Waals surface area contributed by atoms with Crippen LogP contribution in [0.25, 0.3) is 0 Å². The third kappa shape index (κ3) is 6.07. The highest BCUT2D eigenvalue weighted by Crippen LogP contribution is 2.25. The summed E-state index contributed by atoms with van der Waals surface area (Å²) in [6.07, 6.45) is 0. The normalized spacial score (nSPS) is 10.5. The molecule has 36 heavy (non-hydrogen) atoms. The van der Waals surface area contributed by atoms with Gasteiger partial charge in [0.05, 0.1) is 12.7 Å². The molecule has 1 N–H and O–H groups in total. The monoisotopic (exact) mass is 485 g/mol. The molecule has 0 radical (unpaired) electrons. The van der Waals surface area contributed by atoms with E-state index in [2.05, 4.69) is 0 Å². The summed E-state index contributed by atoms with van der Waals surface area (Å²) in [7, 11) is 1.58. The Morgan fingerprint density at radius 1 is 0.778 bits per heavy atom. The van der Waals surface area contributed by atoms with Crippen molar-refractivity contribution in [1.29, 1.82) is 0 Å². The number of nitrogens with zero attached hydrogens (tertiary/aromatic N) is 1. The average molecular weight is 486 g/mol. The highest BCUT2D eigenvalue weighted by Gasteiger charge is 2.18. The van der Waals surface area contributed by atoms with Crippen molar-refractivity contribution in [2.45, 2.75) is 13.1 Å². The van der Waals surface area contributed by atoms with Gasteiger partial charge in [-0.05, 0) is 71.8 Å². The summed E-state index contributed by atoms with van der Waals surface area (Å²) in [5.74, 6) is -0.529. The molecular weight excluding hydrogens is 461 g/mol. The first kappa shape index (κ1) is 24.5. The molecule has 0 saturated heterocycles. The first-order valence-corrected chi connectivity index (χ1v) is 11.2. The molecule has 0 atom stereocenters. The molecule has 4 rings (SSSR count). The number of halogens is 1. The van der Waals surface area contributed by atoms with Crippen molar-refractivity contribution in [3.63, 3.8) is 0 Å². The van der Waals surface area contributed by atoms with Crippen LogP contribution in [0.3, 0.4) is 0 Å². The van der Waals surface area contributed by atoms with E-state index in [1.54, 1.807) is 60.5 Å². The zero-order valence-corrected chi connectivity index (χ0v) is 19.6. The van der Waals surface area contributed by atoms with Crippen LogP contribution >= 0.6 is 0 Å². The molecule has 0 bridgehead atoms. The van der Waals surface area contributed by atoms with Gasteiger partial charge in [-0.2, -0.15) is 0 Å². The fourth-order valence-electron chi connectivity index (χ4n) is 3.67. The van der Waals surface area contributed by atoms with Gasteiger partial charge in [0, 0.05) is 18.7 Å². The molecule has 0 aliphatic carbocycles. The minimum absolute atomic E-state index is 0.0982. The maximum Gasteiger partial charge on any atom is 0.335 e. The van der Waals surface area contributed by atoms with Crippen LogP contribution in [0.1, 0.15) is 31.8 Å². The SMILES string of the molecule is COc1cccc(CN(Cc2ccc(C(=O)O)cc2)C(=O)c2ccc(Oc3ccccc3F)cc2)c1. The number of carbonyl (C=O) groups excluding carboxylic acids is 1. The first-order valence-electron chi connectivity index (χ1n) is 11.2. The van der Waals surface area contributed by atoms with Gasteiger partial charge in [0.25, 0.3) is 5.91 Å². The maximum absolute atomic E-state index is 13.9. The molecule has 182 valence electrons. The highest BCUT2D eigenvalue weighted by molar-refractivity contribution is 5.94. The fraction of sp³-hybridized carbons (Fsp3) is 0.103. The molecule has 0 unspecified atom stereocenters. The van der Waals surface area contributed by atoms with Crippen molar-refractivity contribution in [3.05, 3.63) is 125 Å². The number of para-hydroxylation sites is 1. The number of methoxy groups -OCH3 is 1. The Bertz CT molecular complexity index is 1350. The fourth-order valence-corrected chi connectivity index (χ4v) is 3.67. The Morgan fingerprint density at radius 3 is 2.11 bits per heavy atom. The molecule has 6 nitrogen and oxygen atoms in total. The van der Waals surface area contributed by atoms with Crippen LogP contribution in [0.5, 0.6) is 17.2 Å². The second kappa shape index (κ2) is 11.2. The molecule has 4 aromatic rings. The van der Waals surface area contributed by atoms with Gasteiger partial charge in [-0.3, -0.25) is 4.79 Å². The molecular formula is C29H24FNO5. The number of aromatic carboxylic acids is 1. The Morgan fingerprint density at radius 2 is 1.44 bits per heavy atom. The summed E-state index contributed by atoms with van der Waals surface area (Å²) in [6.45, 7) is 0.577. The molecule has 7 heteroatoms. The quantitative estimate of drug-likeness (QED) is 0.307. The molecule has 0 aliphatic rings. The number of ether oxygens (including phenoxy) is 2. The number of hydrogen-bond acceptors (Lipinski definition) is 4. The van der Waals surface area contributed by atoms with Crippen molar-refractivity contribution < 1.29 is 28.6 Å². The van der Waals surface area contributed by atoms with Gasteiger partial charge in [-0.25, -0.2) is 9.18 Å². The van der Waals surface area contributed by atoms with Crippen LogP contribution < -0.4 is 9.47 Å².